The minimum atomic E-state index is -4.76. The number of allylic oxidation sites excluding steroid dienone is 1. The molecule has 2 aromatic carbocycles. The number of benzene rings is 2. The number of hydrogen-bond acceptors (Lipinski definition) is 4. The average Bonchev–Trinajstić information content (AvgIpc) is 2.55. The van der Waals surface area contributed by atoms with Crippen LogP contribution in [0.15, 0.2) is 42.1 Å². The molecule has 6 nitrogen and oxygen atoms in total. The van der Waals surface area contributed by atoms with Crippen LogP contribution in [-0.4, -0.2) is 21.1 Å². The van der Waals surface area contributed by atoms with Crippen molar-refractivity contribution in [1.82, 2.24) is 0 Å². The van der Waals surface area contributed by atoms with Gasteiger partial charge in [-0.2, -0.15) is 13.2 Å². The zero-order valence-electron chi connectivity index (χ0n) is 13.3. The number of nitrogens with zero attached hydrogens (tertiary/aromatic N) is 1. The number of phenolic OH excluding ortho intramolecular Hbond substituents is 1. The van der Waals surface area contributed by atoms with E-state index in [1.165, 1.54) is 6.07 Å². The molecule has 0 spiro atoms. The van der Waals surface area contributed by atoms with E-state index in [1.807, 2.05) is 0 Å². The van der Waals surface area contributed by atoms with E-state index in [-0.39, 0.29) is 21.7 Å². The molecule has 0 atom stereocenters. The van der Waals surface area contributed by atoms with Gasteiger partial charge >= 0.3 is 12.1 Å². The fourth-order valence-electron chi connectivity index (χ4n) is 2.31. The molecular weight excluding hydrogens is 391 g/mol. The van der Waals surface area contributed by atoms with Crippen LogP contribution in [0.1, 0.15) is 27.0 Å². The standard InChI is InChI=1S/C17H11ClF3NO5/c18-12-4-3-9(14(8-12)17(19,20)21)5-13(22(26)27)6-10-1-2-11(16(24)25)7-15(10)23/h1-4,6-8,23H,5H2,(H,24,25)/b13-6-. The second-order valence-electron chi connectivity index (χ2n) is 5.45. The zero-order chi connectivity index (χ0) is 20.4. The molecule has 0 saturated carbocycles. The lowest BCUT2D eigenvalue weighted by Crippen LogP contribution is -2.12. The van der Waals surface area contributed by atoms with E-state index >= 15 is 0 Å². The van der Waals surface area contributed by atoms with Gasteiger partial charge in [0.2, 0.25) is 0 Å². The van der Waals surface area contributed by atoms with Crippen LogP contribution in [0.25, 0.3) is 6.08 Å². The third-order valence-electron chi connectivity index (χ3n) is 3.58. The molecule has 0 heterocycles. The molecule has 2 rings (SSSR count). The Morgan fingerprint density at radius 3 is 2.41 bits per heavy atom. The lowest BCUT2D eigenvalue weighted by atomic mass is 10.0. The van der Waals surface area contributed by atoms with E-state index in [9.17, 15) is 33.2 Å². The lowest BCUT2D eigenvalue weighted by molar-refractivity contribution is -0.425. The summed E-state index contributed by atoms with van der Waals surface area (Å²) in [4.78, 5) is 21.2. The van der Waals surface area contributed by atoms with Gasteiger partial charge in [-0.1, -0.05) is 23.7 Å². The average molecular weight is 402 g/mol. The highest BCUT2D eigenvalue weighted by molar-refractivity contribution is 6.30. The number of carbonyl (C=O) groups is 1. The maximum atomic E-state index is 13.1. The SMILES string of the molecule is O=C(O)c1ccc(/C=C(/Cc2ccc(Cl)cc2C(F)(F)F)[N+](=O)[O-])c(O)c1. The summed E-state index contributed by atoms with van der Waals surface area (Å²) in [7, 11) is 0. The van der Waals surface area contributed by atoms with Gasteiger partial charge < -0.3 is 10.2 Å². The van der Waals surface area contributed by atoms with Crippen molar-refractivity contribution in [2.75, 3.05) is 0 Å². The molecule has 0 aromatic heterocycles. The molecule has 0 radical (unpaired) electrons. The summed E-state index contributed by atoms with van der Waals surface area (Å²) in [5.74, 6) is -1.87. The van der Waals surface area contributed by atoms with Crippen molar-refractivity contribution in [2.24, 2.45) is 0 Å². The van der Waals surface area contributed by atoms with Crippen LogP contribution in [0.2, 0.25) is 5.02 Å². The number of carboxylic acids is 1. The molecule has 0 aliphatic rings. The number of rotatable bonds is 5. The molecule has 0 aliphatic carbocycles. The number of aromatic hydroxyl groups is 1. The van der Waals surface area contributed by atoms with Gasteiger partial charge in [-0.15, -0.1) is 0 Å². The van der Waals surface area contributed by atoms with Crippen LogP contribution in [0.4, 0.5) is 13.2 Å². The van der Waals surface area contributed by atoms with E-state index in [0.29, 0.717) is 6.07 Å². The van der Waals surface area contributed by atoms with Gasteiger partial charge in [-0.05, 0) is 29.8 Å². The first-order chi connectivity index (χ1) is 12.5. The van der Waals surface area contributed by atoms with Crippen molar-refractivity contribution in [1.29, 1.82) is 0 Å². The van der Waals surface area contributed by atoms with Crippen molar-refractivity contribution in [2.45, 2.75) is 12.6 Å². The van der Waals surface area contributed by atoms with Crippen LogP contribution in [0.5, 0.6) is 5.75 Å². The topological polar surface area (TPSA) is 101 Å². The van der Waals surface area contributed by atoms with Crippen LogP contribution in [0, 0.1) is 10.1 Å². The molecule has 2 aromatic rings. The Kier molecular flexibility index (Phi) is 5.75. The van der Waals surface area contributed by atoms with Gasteiger partial charge in [0.25, 0.3) is 5.70 Å². The van der Waals surface area contributed by atoms with Crippen molar-refractivity contribution in [3.8, 4) is 5.75 Å². The Morgan fingerprint density at radius 1 is 1.22 bits per heavy atom. The van der Waals surface area contributed by atoms with Crippen LogP contribution in [0.3, 0.4) is 0 Å². The molecular formula is C17H11ClF3NO5. The highest BCUT2D eigenvalue weighted by Gasteiger charge is 2.34. The predicted molar refractivity (Wildman–Crippen MR) is 90.2 cm³/mol. The van der Waals surface area contributed by atoms with Gasteiger partial charge in [-0.25, -0.2) is 4.79 Å². The maximum absolute atomic E-state index is 13.1. The second-order valence-corrected chi connectivity index (χ2v) is 5.88. The van der Waals surface area contributed by atoms with Crippen molar-refractivity contribution in [3.63, 3.8) is 0 Å². The summed E-state index contributed by atoms with van der Waals surface area (Å²) < 4.78 is 39.4. The highest BCUT2D eigenvalue weighted by Crippen LogP contribution is 2.35. The number of aromatic carboxylic acids is 1. The predicted octanol–water partition coefficient (Wildman–Crippen LogP) is 4.62. The largest absolute Gasteiger partial charge is 0.507 e. The number of alkyl halides is 3. The van der Waals surface area contributed by atoms with Crippen molar-refractivity contribution < 1.29 is 33.1 Å². The summed E-state index contributed by atoms with van der Waals surface area (Å²) in [6, 6.07) is 6.01. The highest BCUT2D eigenvalue weighted by atomic mass is 35.5. The number of phenols is 1. The first kappa shape index (κ1) is 20.2. The number of halogens is 4. The van der Waals surface area contributed by atoms with E-state index < -0.39 is 40.5 Å². The summed E-state index contributed by atoms with van der Waals surface area (Å²) >= 11 is 5.58. The summed E-state index contributed by atoms with van der Waals surface area (Å²) in [6.07, 6.45) is -4.55. The molecule has 0 unspecified atom stereocenters. The minimum Gasteiger partial charge on any atom is -0.507 e. The molecule has 0 bridgehead atoms. The van der Waals surface area contributed by atoms with Gasteiger partial charge in [0, 0.05) is 16.7 Å². The molecule has 27 heavy (non-hydrogen) atoms. The van der Waals surface area contributed by atoms with Gasteiger partial charge in [0.1, 0.15) is 5.75 Å². The van der Waals surface area contributed by atoms with E-state index in [1.54, 1.807) is 0 Å². The molecule has 2 N–H and O–H groups in total. The maximum Gasteiger partial charge on any atom is 0.416 e. The fourth-order valence-corrected chi connectivity index (χ4v) is 2.48. The van der Waals surface area contributed by atoms with E-state index in [0.717, 1.165) is 30.3 Å². The first-order valence-electron chi connectivity index (χ1n) is 7.26. The van der Waals surface area contributed by atoms with Crippen LogP contribution in [-0.2, 0) is 12.6 Å². The third-order valence-corrected chi connectivity index (χ3v) is 3.82. The quantitative estimate of drug-likeness (QED) is 0.562. The Balaban J connectivity index is 2.48. The monoisotopic (exact) mass is 401 g/mol. The Labute approximate surface area is 155 Å². The normalized spacial score (nSPS) is 12.1. The van der Waals surface area contributed by atoms with E-state index in [2.05, 4.69) is 0 Å². The van der Waals surface area contributed by atoms with Crippen molar-refractivity contribution in [3.05, 3.63) is 79.5 Å². The van der Waals surface area contributed by atoms with Crippen molar-refractivity contribution >= 4 is 23.6 Å². The number of hydrogen-bond donors (Lipinski definition) is 2. The van der Waals surface area contributed by atoms with Crippen LogP contribution < -0.4 is 0 Å². The molecule has 10 heteroatoms. The minimum absolute atomic E-state index is 0.103. The second kappa shape index (κ2) is 7.67. The number of nitro groups is 1. The number of carboxylic acid groups (broad SMARTS) is 1. The smallest absolute Gasteiger partial charge is 0.416 e. The van der Waals surface area contributed by atoms with Gasteiger partial charge in [-0.3, -0.25) is 10.1 Å². The molecule has 0 aliphatic heterocycles. The lowest BCUT2D eigenvalue weighted by Gasteiger charge is -2.12. The van der Waals surface area contributed by atoms with Gasteiger partial charge in [0.15, 0.2) is 0 Å². The Morgan fingerprint density at radius 2 is 1.89 bits per heavy atom. The molecule has 0 saturated heterocycles. The summed E-state index contributed by atoms with van der Waals surface area (Å²) in [5.41, 5.74) is -2.44. The zero-order valence-corrected chi connectivity index (χ0v) is 14.1. The van der Waals surface area contributed by atoms with Crippen LogP contribution >= 0.6 is 11.6 Å². The summed E-state index contributed by atoms with van der Waals surface area (Å²) in [5, 5.41) is 29.8. The Bertz CT molecular complexity index is 941. The van der Waals surface area contributed by atoms with E-state index in [4.69, 9.17) is 16.7 Å². The molecule has 0 fully saturated rings. The fraction of sp³-hybridized carbons (Fsp3) is 0.118. The first-order valence-corrected chi connectivity index (χ1v) is 7.63. The Hall–Kier alpha value is -3.07. The van der Waals surface area contributed by atoms with Gasteiger partial charge in [0.05, 0.1) is 22.5 Å². The molecule has 142 valence electrons. The molecule has 0 amide bonds. The third kappa shape index (κ3) is 4.98. The summed E-state index contributed by atoms with van der Waals surface area (Å²) in [6.45, 7) is 0.